The molecule has 4 heteroatoms. The first-order valence-electron chi connectivity index (χ1n) is 9.46. The summed E-state index contributed by atoms with van der Waals surface area (Å²) in [5.41, 5.74) is 3.94. The van der Waals surface area contributed by atoms with Crippen molar-refractivity contribution in [3.8, 4) is 17.2 Å². The van der Waals surface area contributed by atoms with Crippen molar-refractivity contribution in [1.82, 2.24) is 5.32 Å². The number of carbonyl (C=O) groups is 1. The highest BCUT2D eigenvalue weighted by molar-refractivity contribution is 5.95. The highest BCUT2D eigenvalue weighted by Crippen LogP contribution is 2.33. The number of fused-ring (bicyclic) bond motifs is 1. The van der Waals surface area contributed by atoms with Gasteiger partial charge < -0.3 is 14.8 Å². The summed E-state index contributed by atoms with van der Waals surface area (Å²) in [6.07, 6.45) is 0.672. The fraction of sp³-hybridized carbons (Fsp3) is 0.208. The van der Waals surface area contributed by atoms with E-state index in [1.807, 2.05) is 80.6 Å². The van der Waals surface area contributed by atoms with Crippen LogP contribution in [-0.2, 0) is 6.42 Å². The molecular weight excluding hydrogens is 350 g/mol. The summed E-state index contributed by atoms with van der Waals surface area (Å²) in [6, 6.07) is 21.4. The Morgan fingerprint density at radius 2 is 1.86 bits per heavy atom. The van der Waals surface area contributed by atoms with Crippen molar-refractivity contribution in [2.75, 3.05) is 6.54 Å². The first-order chi connectivity index (χ1) is 13.6. The van der Waals surface area contributed by atoms with Crippen LogP contribution in [-0.4, -0.2) is 18.6 Å². The van der Waals surface area contributed by atoms with Crippen LogP contribution >= 0.6 is 0 Å². The molecular formula is C24H23NO3. The van der Waals surface area contributed by atoms with Gasteiger partial charge in [-0.15, -0.1) is 0 Å². The van der Waals surface area contributed by atoms with Crippen LogP contribution in [0.15, 0.2) is 66.7 Å². The lowest BCUT2D eigenvalue weighted by Crippen LogP contribution is -2.34. The monoisotopic (exact) mass is 373 g/mol. The van der Waals surface area contributed by atoms with Gasteiger partial charge in [-0.05, 0) is 55.8 Å². The zero-order valence-electron chi connectivity index (χ0n) is 16.1. The van der Waals surface area contributed by atoms with Crippen molar-refractivity contribution in [1.29, 1.82) is 0 Å². The molecule has 1 N–H and O–H groups in total. The van der Waals surface area contributed by atoms with E-state index in [1.165, 1.54) is 0 Å². The number of para-hydroxylation sites is 1. The standard InChI is InChI=1S/C24H23NO3/c1-16-8-10-22(17(2)12-16)24(26)25-15-21-14-18-13-20(9-11-23(18)28-21)27-19-6-4-3-5-7-19/h3-13,21H,14-15H2,1-2H3,(H,25,26)/t21-/m1/s1. The molecule has 0 aromatic heterocycles. The van der Waals surface area contributed by atoms with E-state index in [0.717, 1.165) is 40.4 Å². The Hall–Kier alpha value is -3.27. The number of nitrogens with one attached hydrogen (secondary N) is 1. The second kappa shape index (κ2) is 7.77. The maximum absolute atomic E-state index is 12.5. The maximum atomic E-state index is 12.5. The van der Waals surface area contributed by atoms with Crippen LogP contribution < -0.4 is 14.8 Å². The SMILES string of the molecule is Cc1ccc(C(=O)NC[C@H]2Cc3cc(Oc4ccccc4)ccc3O2)c(C)c1. The minimum atomic E-state index is -0.0725. The molecule has 28 heavy (non-hydrogen) atoms. The number of amides is 1. The maximum Gasteiger partial charge on any atom is 0.251 e. The molecule has 1 aliphatic rings. The molecule has 1 aliphatic heterocycles. The van der Waals surface area contributed by atoms with Crippen molar-refractivity contribution >= 4 is 5.91 Å². The van der Waals surface area contributed by atoms with Crippen LogP contribution in [0.4, 0.5) is 0 Å². The van der Waals surface area contributed by atoms with Gasteiger partial charge in [0.15, 0.2) is 0 Å². The van der Waals surface area contributed by atoms with Crippen LogP contribution in [0.3, 0.4) is 0 Å². The number of benzene rings is 3. The predicted octanol–water partition coefficient (Wildman–Crippen LogP) is 4.83. The summed E-state index contributed by atoms with van der Waals surface area (Å²) >= 11 is 0. The zero-order chi connectivity index (χ0) is 19.5. The van der Waals surface area contributed by atoms with Gasteiger partial charge in [-0.1, -0.05) is 35.9 Å². The minimum absolute atomic E-state index is 0.0647. The highest BCUT2D eigenvalue weighted by Gasteiger charge is 2.24. The van der Waals surface area contributed by atoms with E-state index >= 15 is 0 Å². The van der Waals surface area contributed by atoms with Crippen LogP contribution in [0.5, 0.6) is 17.2 Å². The van der Waals surface area contributed by atoms with Crippen molar-refractivity contribution < 1.29 is 14.3 Å². The summed E-state index contributed by atoms with van der Waals surface area (Å²) in [5.74, 6) is 2.38. The Morgan fingerprint density at radius 3 is 2.64 bits per heavy atom. The third kappa shape index (κ3) is 4.01. The molecule has 142 valence electrons. The lowest BCUT2D eigenvalue weighted by molar-refractivity contribution is 0.0933. The smallest absolute Gasteiger partial charge is 0.251 e. The summed E-state index contributed by atoms with van der Waals surface area (Å²) in [7, 11) is 0. The molecule has 0 aliphatic carbocycles. The van der Waals surface area contributed by atoms with E-state index in [9.17, 15) is 4.79 Å². The van der Waals surface area contributed by atoms with Gasteiger partial charge in [0.2, 0.25) is 0 Å². The molecule has 0 radical (unpaired) electrons. The molecule has 0 saturated carbocycles. The number of hydrogen-bond acceptors (Lipinski definition) is 3. The number of ether oxygens (including phenoxy) is 2. The average molecular weight is 373 g/mol. The first kappa shape index (κ1) is 18.1. The molecule has 1 heterocycles. The van der Waals surface area contributed by atoms with Crippen molar-refractivity contribution in [2.45, 2.75) is 26.4 Å². The van der Waals surface area contributed by atoms with E-state index in [2.05, 4.69) is 5.32 Å². The van der Waals surface area contributed by atoms with Gasteiger partial charge in [0, 0.05) is 17.5 Å². The molecule has 1 amide bonds. The van der Waals surface area contributed by atoms with Crippen LogP contribution in [0.25, 0.3) is 0 Å². The van der Waals surface area contributed by atoms with Gasteiger partial charge >= 0.3 is 0 Å². The van der Waals surface area contributed by atoms with E-state index < -0.39 is 0 Å². The molecule has 0 saturated heterocycles. The molecule has 0 bridgehead atoms. The van der Waals surface area contributed by atoms with Gasteiger partial charge in [-0.25, -0.2) is 0 Å². The van der Waals surface area contributed by atoms with Crippen molar-refractivity contribution in [3.05, 3.63) is 89.0 Å². The molecule has 4 nitrogen and oxygen atoms in total. The lowest BCUT2D eigenvalue weighted by atomic mass is 10.0. The van der Waals surface area contributed by atoms with Gasteiger partial charge in [-0.2, -0.15) is 0 Å². The number of rotatable bonds is 5. The quantitative estimate of drug-likeness (QED) is 0.697. The Balaban J connectivity index is 1.36. The predicted molar refractivity (Wildman–Crippen MR) is 109 cm³/mol. The van der Waals surface area contributed by atoms with Crippen LogP contribution in [0.1, 0.15) is 27.0 Å². The summed E-state index contributed by atoms with van der Waals surface area (Å²) in [5, 5.41) is 3.00. The van der Waals surface area contributed by atoms with Crippen LogP contribution in [0, 0.1) is 13.8 Å². The third-order valence-corrected chi connectivity index (χ3v) is 4.87. The van der Waals surface area contributed by atoms with E-state index in [0.29, 0.717) is 12.1 Å². The Morgan fingerprint density at radius 1 is 1.04 bits per heavy atom. The van der Waals surface area contributed by atoms with Gasteiger partial charge in [0.25, 0.3) is 5.91 Å². The normalized spacial score (nSPS) is 14.9. The largest absolute Gasteiger partial charge is 0.488 e. The molecule has 0 fully saturated rings. The first-order valence-corrected chi connectivity index (χ1v) is 9.46. The van der Waals surface area contributed by atoms with Crippen molar-refractivity contribution in [3.63, 3.8) is 0 Å². The summed E-state index contributed by atoms with van der Waals surface area (Å²) in [6.45, 7) is 4.45. The van der Waals surface area contributed by atoms with E-state index in [4.69, 9.17) is 9.47 Å². The zero-order valence-corrected chi connectivity index (χ0v) is 16.1. The number of carbonyl (C=O) groups excluding carboxylic acids is 1. The fourth-order valence-corrected chi connectivity index (χ4v) is 3.47. The molecule has 4 rings (SSSR count). The second-order valence-electron chi connectivity index (χ2n) is 7.16. The molecule has 1 atom stereocenters. The minimum Gasteiger partial charge on any atom is -0.488 e. The molecule has 0 spiro atoms. The van der Waals surface area contributed by atoms with Gasteiger partial charge in [0.1, 0.15) is 23.4 Å². The van der Waals surface area contributed by atoms with E-state index in [1.54, 1.807) is 0 Å². The Bertz CT molecular complexity index is 998. The number of hydrogen-bond donors (Lipinski definition) is 1. The Kier molecular flexibility index (Phi) is 5.02. The third-order valence-electron chi connectivity index (χ3n) is 4.87. The molecule has 3 aromatic rings. The summed E-state index contributed by atoms with van der Waals surface area (Å²) < 4.78 is 11.9. The topological polar surface area (TPSA) is 47.6 Å². The summed E-state index contributed by atoms with van der Waals surface area (Å²) in [4.78, 5) is 12.5. The average Bonchev–Trinajstić information content (AvgIpc) is 3.09. The Labute approximate surface area is 165 Å². The number of aryl methyl sites for hydroxylation is 2. The van der Waals surface area contributed by atoms with Gasteiger partial charge in [-0.3, -0.25) is 4.79 Å². The lowest BCUT2D eigenvalue weighted by Gasteiger charge is -2.13. The highest BCUT2D eigenvalue weighted by atomic mass is 16.5. The van der Waals surface area contributed by atoms with Gasteiger partial charge in [0.05, 0.1) is 6.54 Å². The van der Waals surface area contributed by atoms with Crippen LogP contribution in [0.2, 0.25) is 0 Å². The second-order valence-corrected chi connectivity index (χ2v) is 7.16. The molecule has 3 aromatic carbocycles. The van der Waals surface area contributed by atoms with E-state index in [-0.39, 0.29) is 12.0 Å². The fourth-order valence-electron chi connectivity index (χ4n) is 3.47. The molecule has 0 unspecified atom stereocenters. The van der Waals surface area contributed by atoms with Crippen molar-refractivity contribution in [2.24, 2.45) is 0 Å².